The number of hydrogen-bond donors (Lipinski definition) is 0. The lowest BCUT2D eigenvalue weighted by molar-refractivity contribution is -0.211. The molecule has 0 amide bonds. The maximum absolute atomic E-state index is 5.81. The highest BCUT2D eigenvalue weighted by atomic mass is 16.8. The predicted molar refractivity (Wildman–Crippen MR) is 60.3 cm³/mol. The maximum Gasteiger partial charge on any atom is 0.199 e. The molecule has 0 radical (unpaired) electrons. The molecule has 2 aliphatic rings. The monoisotopic (exact) mass is 236 g/mol. The van der Waals surface area contributed by atoms with E-state index in [0.29, 0.717) is 32.8 Å². The summed E-state index contributed by atoms with van der Waals surface area (Å²) in [4.78, 5) is 0. The molecule has 17 heavy (non-hydrogen) atoms. The van der Waals surface area contributed by atoms with Gasteiger partial charge >= 0.3 is 0 Å². The van der Waals surface area contributed by atoms with Crippen molar-refractivity contribution < 1.29 is 18.9 Å². The molecular weight excluding hydrogens is 220 g/mol. The van der Waals surface area contributed by atoms with Gasteiger partial charge in [-0.1, -0.05) is 30.3 Å². The maximum atomic E-state index is 5.81. The van der Waals surface area contributed by atoms with E-state index >= 15 is 0 Å². The summed E-state index contributed by atoms with van der Waals surface area (Å²) < 4.78 is 22.6. The van der Waals surface area contributed by atoms with E-state index in [4.69, 9.17) is 18.9 Å². The van der Waals surface area contributed by atoms with Crippen LogP contribution in [0, 0.1) is 0 Å². The summed E-state index contributed by atoms with van der Waals surface area (Å²) in [6, 6.07) is 9.98. The van der Waals surface area contributed by atoms with E-state index in [1.807, 2.05) is 30.3 Å². The lowest BCUT2D eigenvalue weighted by Gasteiger charge is -2.29. The molecule has 4 nitrogen and oxygen atoms in total. The van der Waals surface area contributed by atoms with Crippen LogP contribution in [0.5, 0.6) is 0 Å². The molecule has 2 heterocycles. The minimum absolute atomic E-state index is 0.228. The van der Waals surface area contributed by atoms with Crippen molar-refractivity contribution >= 4 is 0 Å². The summed E-state index contributed by atoms with van der Waals surface area (Å²) in [5.41, 5.74) is 1.02. The fraction of sp³-hybridized carbons (Fsp3) is 0.538. The third-order valence-corrected chi connectivity index (χ3v) is 3.09. The highest BCUT2D eigenvalue weighted by Gasteiger charge is 2.42. The number of rotatable bonds is 3. The Balaban J connectivity index is 1.82. The Morgan fingerprint density at radius 1 is 0.941 bits per heavy atom. The molecule has 4 heteroatoms. The average Bonchev–Trinajstić information content (AvgIpc) is 3.03. The first-order valence-corrected chi connectivity index (χ1v) is 5.96. The summed E-state index contributed by atoms with van der Waals surface area (Å²) in [6.45, 7) is 2.52. The summed E-state index contributed by atoms with van der Waals surface area (Å²) in [5, 5.41) is 0. The summed E-state index contributed by atoms with van der Waals surface area (Å²) in [5.74, 6) is -0.698. The largest absolute Gasteiger partial charge is 0.350 e. The van der Waals surface area contributed by atoms with Crippen LogP contribution in [0.25, 0.3) is 0 Å². The fourth-order valence-corrected chi connectivity index (χ4v) is 2.29. The van der Waals surface area contributed by atoms with E-state index in [0.717, 1.165) is 5.56 Å². The average molecular weight is 236 g/mol. The summed E-state index contributed by atoms with van der Waals surface area (Å²) >= 11 is 0. The van der Waals surface area contributed by atoms with Crippen LogP contribution < -0.4 is 0 Å². The molecule has 0 spiro atoms. The Morgan fingerprint density at radius 3 is 2.24 bits per heavy atom. The Labute approximate surface area is 100 Å². The Kier molecular flexibility index (Phi) is 3.11. The van der Waals surface area contributed by atoms with Crippen LogP contribution in [0.15, 0.2) is 30.3 Å². The smallest absolute Gasteiger partial charge is 0.199 e. The first kappa shape index (κ1) is 11.2. The molecule has 92 valence electrons. The lowest BCUT2D eigenvalue weighted by Crippen LogP contribution is -2.32. The van der Waals surface area contributed by atoms with Gasteiger partial charge in [0, 0.05) is 5.56 Å². The Hall–Kier alpha value is -0.940. The second-order valence-electron chi connectivity index (χ2n) is 4.19. The molecule has 0 aliphatic carbocycles. The Morgan fingerprint density at radius 2 is 1.59 bits per heavy atom. The van der Waals surface area contributed by atoms with E-state index in [-0.39, 0.29) is 6.29 Å². The highest BCUT2D eigenvalue weighted by Crippen LogP contribution is 2.37. The van der Waals surface area contributed by atoms with Gasteiger partial charge in [0.2, 0.25) is 0 Å². The van der Waals surface area contributed by atoms with Gasteiger partial charge < -0.3 is 18.9 Å². The first-order valence-electron chi connectivity index (χ1n) is 5.96. The van der Waals surface area contributed by atoms with E-state index in [1.54, 1.807) is 0 Å². The number of hydrogen-bond acceptors (Lipinski definition) is 4. The van der Waals surface area contributed by atoms with Crippen LogP contribution in [0.1, 0.15) is 12.0 Å². The van der Waals surface area contributed by atoms with Crippen molar-refractivity contribution in [2.24, 2.45) is 0 Å². The molecule has 3 rings (SSSR count). The zero-order valence-electron chi connectivity index (χ0n) is 9.63. The summed E-state index contributed by atoms with van der Waals surface area (Å²) in [6.07, 6.45) is 0.352. The fourth-order valence-electron chi connectivity index (χ4n) is 2.29. The van der Waals surface area contributed by atoms with Crippen molar-refractivity contribution in [3.8, 4) is 0 Å². The molecule has 0 bridgehead atoms. The van der Waals surface area contributed by atoms with Gasteiger partial charge in [0.25, 0.3) is 0 Å². The molecule has 0 unspecified atom stereocenters. The van der Waals surface area contributed by atoms with Gasteiger partial charge in [-0.2, -0.15) is 0 Å². The molecule has 0 atom stereocenters. The third-order valence-electron chi connectivity index (χ3n) is 3.09. The lowest BCUT2D eigenvalue weighted by atomic mass is 10.0. The van der Waals surface area contributed by atoms with Gasteiger partial charge in [0.05, 0.1) is 32.8 Å². The quantitative estimate of drug-likeness (QED) is 0.799. The standard InChI is InChI=1S/C13H16O4/c1-2-4-11(5-3-1)13(16-8-9-17-13)10-12-14-6-7-15-12/h1-5,12H,6-10H2. The van der Waals surface area contributed by atoms with E-state index < -0.39 is 5.79 Å². The van der Waals surface area contributed by atoms with E-state index in [9.17, 15) is 0 Å². The van der Waals surface area contributed by atoms with E-state index in [2.05, 4.69) is 0 Å². The zero-order chi connectivity index (χ0) is 11.6. The van der Waals surface area contributed by atoms with Gasteiger partial charge in [-0.15, -0.1) is 0 Å². The van der Waals surface area contributed by atoms with Crippen LogP contribution in [-0.4, -0.2) is 32.7 Å². The molecule has 1 aromatic rings. The van der Waals surface area contributed by atoms with Crippen LogP contribution in [0.4, 0.5) is 0 Å². The van der Waals surface area contributed by atoms with Gasteiger partial charge in [-0.05, 0) is 0 Å². The van der Waals surface area contributed by atoms with Crippen molar-refractivity contribution in [1.82, 2.24) is 0 Å². The van der Waals surface area contributed by atoms with Crippen LogP contribution in [0.2, 0.25) is 0 Å². The van der Waals surface area contributed by atoms with Crippen LogP contribution >= 0.6 is 0 Å². The Bertz CT molecular complexity index is 353. The molecule has 2 saturated heterocycles. The van der Waals surface area contributed by atoms with Crippen LogP contribution in [-0.2, 0) is 24.7 Å². The zero-order valence-corrected chi connectivity index (χ0v) is 9.63. The molecule has 0 N–H and O–H groups in total. The second kappa shape index (κ2) is 4.74. The van der Waals surface area contributed by atoms with Gasteiger partial charge in [0.1, 0.15) is 0 Å². The van der Waals surface area contributed by atoms with Gasteiger partial charge in [-0.25, -0.2) is 0 Å². The predicted octanol–water partition coefficient (Wildman–Crippen LogP) is 1.65. The van der Waals surface area contributed by atoms with Crippen molar-refractivity contribution in [3.63, 3.8) is 0 Å². The topological polar surface area (TPSA) is 36.9 Å². The van der Waals surface area contributed by atoms with E-state index in [1.165, 1.54) is 0 Å². The van der Waals surface area contributed by atoms with Gasteiger partial charge in [0.15, 0.2) is 12.1 Å². The minimum atomic E-state index is -0.698. The van der Waals surface area contributed by atoms with Crippen molar-refractivity contribution in [2.75, 3.05) is 26.4 Å². The second-order valence-corrected chi connectivity index (χ2v) is 4.19. The number of benzene rings is 1. The summed E-state index contributed by atoms with van der Waals surface area (Å²) in [7, 11) is 0. The van der Waals surface area contributed by atoms with Crippen LogP contribution in [0.3, 0.4) is 0 Å². The van der Waals surface area contributed by atoms with Crippen molar-refractivity contribution in [1.29, 1.82) is 0 Å². The normalized spacial score (nSPS) is 24.2. The van der Waals surface area contributed by atoms with Crippen molar-refractivity contribution in [3.05, 3.63) is 35.9 Å². The number of ether oxygens (including phenoxy) is 4. The molecule has 0 saturated carbocycles. The highest BCUT2D eigenvalue weighted by molar-refractivity contribution is 5.21. The SMILES string of the molecule is c1ccc(C2(CC3OCCO3)OCCO2)cc1. The molecule has 0 aromatic heterocycles. The molecule has 1 aromatic carbocycles. The third kappa shape index (κ3) is 2.21. The molecule has 2 aliphatic heterocycles. The van der Waals surface area contributed by atoms with Gasteiger partial charge in [-0.3, -0.25) is 0 Å². The van der Waals surface area contributed by atoms with Crippen molar-refractivity contribution in [2.45, 2.75) is 18.5 Å². The minimum Gasteiger partial charge on any atom is -0.350 e. The first-order chi connectivity index (χ1) is 8.39. The molecular formula is C13H16O4. The molecule has 2 fully saturated rings.